The lowest BCUT2D eigenvalue weighted by Gasteiger charge is -2.28. The van der Waals surface area contributed by atoms with Crippen LogP contribution in [0.3, 0.4) is 0 Å². The SMILES string of the molecule is COc1ccc(CCNC(=O)C2(c3ccc(F)cc3)CCCC2)cc1OC. The van der Waals surface area contributed by atoms with Gasteiger partial charge >= 0.3 is 0 Å². The second-order valence-electron chi connectivity index (χ2n) is 6.99. The molecule has 1 N–H and O–H groups in total. The van der Waals surface area contributed by atoms with E-state index in [0.29, 0.717) is 24.5 Å². The lowest BCUT2D eigenvalue weighted by Crippen LogP contribution is -2.43. The highest BCUT2D eigenvalue weighted by Gasteiger charge is 2.42. The largest absolute Gasteiger partial charge is 0.493 e. The summed E-state index contributed by atoms with van der Waals surface area (Å²) in [5, 5.41) is 3.09. The van der Waals surface area contributed by atoms with Crippen LogP contribution in [-0.2, 0) is 16.6 Å². The van der Waals surface area contributed by atoms with Gasteiger partial charge in [0, 0.05) is 6.54 Å². The molecule has 0 radical (unpaired) electrons. The molecule has 4 nitrogen and oxygen atoms in total. The molecule has 0 atom stereocenters. The van der Waals surface area contributed by atoms with Gasteiger partial charge in [-0.3, -0.25) is 4.79 Å². The summed E-state index contributed by atoms with van der Waals surface area (Å²) in [4.78, 5) is 13.0. The molecule has 0 bridgehead atoms. The molecule has 2 aromatic rings. The van der Waals surface area contributed by atoms with Crippen molar-refractivity contribution >= 4 is 5.91 Å². The number of halogens is 1. The van der Waals surface area contributed by atoms with Crippen LogP contribution in [0.1, 0.15) is 36.8 Å². The fraction of sp³-hybridized carbons (Fsp3) is 0.409. The summed E-state index contributed by atoms with van der Waals surface area (Å²) in [5.74, 6) is 1.12. The number of carbonyl (C=O) groups excluding carboxylic acids is 1. The number of hydrogen-bond donors (Lipinski definition) is 1. The quantitative estimate of drug-likeness (QED) is 0.800. The number of hydrogen-bond acceptors (Lipinski definition) is 3. The molecule has 0 unspecified atom stereocenters. The van der Waals surface area contributed by atoms with Crippen LogP contribution in [0.4, 0.5) is 4.39 Å². The Balaban J connectivity index is 1.66. The van der Waals surface area contributed by atoms with Crippen molar-refractivity contribution in [1.82, 2.24) is 5.32 Å². The summed E-state index contributed by atoms with van der Waals surface area (Å²) < 4.78 is 23.9. The van der Waals surface area contributed by atoms with Crippen molar-refractivity contribution in [2.45, 2.75) is 37.5 Å². The summed E-state index contributed by atoms with van der Waals surface area (Å²) in [6.45, 7) is 0.539. The smallest absolute Gasteiger partial charge is 0.230 e. The molecule has 144 valence electrons. The van der Waals surface area contributed by atoms with Crippen LogP contribution < -0.4 is 14.8 Å². The Hall–Kier alpha value is -2.56. The van der Waals surface area contributed by atoms with Gasteiger partial charge in [0.05, 0.1) is 19.6 Å². The van der Waals surface area contributed by atoms with Crippen LogP contribution >= 0.6 is 0 Å². The van der Waals surface area contributed by atoms with Crippen molar-refractivity contribution in [1.29, 1.82) is 0 Å². The lowest BCUT2D eigenvalue weighted by molar-refractivity contribution is -0.126. The summed E-state index contributed by atoms with van der Waals surface area (Å²) in [6, 6.07) is 12.1. The molecule has 0 spiro atoms. The van der Waals surface area contributed by atoms with E-state index in [1.54, 1.807) is 26.4 Å². The number of amides is 1. The van der Waals surface area contributed by atoms with Gasteiger partial charge in [0.1, 0.15) is 5.82 Å². The molecule has 1 aliphatic rings. The Kier molecular flexibility index (Phi) is 5.99. The Bertz CT molecular complexity index is 783. The third-order valence-corrected chi connectivity index (χ3v) is 5.44. The minimum absolute atomic E-state index is 0.0343. The topological polar surface area (TPSA) is 47.6 Å². The first kappa shape index (κ1) is 19.2. The van der Waals surface area contributed by atoms with Crippen LogP contribution in [-0.4, -0.2) is 26.7 Å². The van der Waals surface area contributed by atoms with Gasteiger partial charge in [0.25, 0.3) is 0 Å². The van der Waals surface area contributed by atoms with Crippen molar-refractivity contribution in [3.05, 3.63) is 59.4 Å². The standard InChI is InChI=1S/C22H26FNO3/c1-26-19-10-5-16(15-20(19)27-2)11-14-24-21(25)22(12-3-4-13-22)17-6-8-18(23)9-7-17/h5-10,15H,3-4,11-14H2,1-2H3,(H,24,25). The van der Waals surface area contributed by atoms with Crippen molar-refractivity contribution in [3.8, 4) is 11.5 Å². The molecule has 0 heterocycles. The maximum atomic E-state index is 13.3. The fourth-order valence-electron chi connectivity index (χ4n) is 3.92. The van der Waals surface area contributed by atoms with Crippen molar-refractivity contribution in [3.63, 3.8) is 0 Å². The first-order valence-corrected chi connectivity index (χ1v) is 9.34. The molecule has 5 heteroatoms. The summed E-state index contributed by atoms with van der Waals surface area (Å²) in [6.07, 6.45) is 4.34. The summed E-state index contributed by atoms with van der Waals surface area (Å²) in [7, 11) is 3.21. The molecule has 27 heavy (non-hydrogen) atoms. The number of rotatable bonds is 7. The van der Waals surface area contributed by atoms with E-state index in [-0.39, 0.29) is 11.7 Å². The number of methoxy groups -OCH3 is 2. The minimum atomic E-state index is -0.536. The zero-order chi connectivity index (χ0) is 19.3. The van der Waals surface area contributed by atoms with E-state index < -0.39 is 5.41 Å². The Morgan fingerprint density at radius 3 is 2.33 bits per heavy atom. The Morgan fingerprint density at radius 1 is 1.04 bits per heavy atom. The normalized spacial score (nSPS) is 15.4. The zero-order valence-electron chi connectivity index (χ0n) is 15.9. The second kappa shape index (κ2) is 8.42. The van der Waals surface area contributed by atoms with Crippen molar-refractivity contribution in [2.24, 2.45) is 0 Å². The van der Waals surface area contributed by atoms with Gasteiger partial charge in [-0.25, -0.2) is 4.39 Å². The van der Waals surface area contributed by atoms with Gasteiger partial charge in [0.2, 0.25) is 5.91 Å². The maximum Gasteiger partial charge on any atom is 0.230 e. The van der Waals surface area contributed by atoms with Crippen LogP contribution in [0.25, 0.3) is 0 Å². The van der Waals surface area contributed by atoms with Crippen LogP contribution in [0.2, 0.25) is 0 Å². The molecular formula is C22H26FNO3. The van der Waals surface area contributed by atoms with E-state index >= 15 is 0 Å². The minimum Gasteiger partial charge on any atom is -0.493 e. The average Bonchev–Trinajstić information content (AvgIpc) is 3.19. The summed E-state index contributed by atoms with van der Waals surface area (Å²) >= 11 is 0. The zero-order valence-corrected chi connectivity index (χ0v) is 15.9. The van der Waals surface area contributed by atoms with E-state index in [9.17, 15) is 9.18 Å². The van der Waals surface area contributed by atoms with E-state index in [4.69, 9.17) is 9.47 Å². The Labute approximate surface area is 159 Å². The van der Waals surface area contributed by atoms with E-state index in [1.807, 2.05) is 18.2 Å². The van der Waals surface area contributed by atoms with Crippen LogP contribution in [0.5, 0.6) is 11.5 Å². The molecule has 3 rings (SSSR count). The number of benzene rings is 2. The third-order valence-electron chi connectivity index (χ3n) is 5.44. The molecular weight excluding hydrogens is 345 g/mol. The second-order valence-corrected chi connectivity index (χ2v) is 6.99. The number of ether oxygens (including phenoxy) is 2. The van der Waals surface area contributed by atoms with E-state index in [0.717, 1.165) is 36.8 Å². The van der Waals surface area contributed by atoms with Gasteiger partial charge in [-0.15, -0.1) is 0 Å². The fourth-order valence-corrected chi connectivity index (χ4v) is 3.92. The molecule has 1 saturated carbocycles. The van der Waals surface area contributed by atoms with E-state index in [1.165, 1.54) is 12.1 Å². The number of nitrogens with one attached hydrogen (secondary N) is 1. The Morgan fingerprint density at radius 2 is 1.70 bits per heavy atom. The van der Waals surface area contributed by atoms with Gasteiger partial charge in [-0.2, -0.15) is 0 Å². The van der Waals surface area contributed by atoms with Crippen LogP contribution in [0.15, 0.2) is 42.5 Å². The molecule has 0 aliphatic heterocycles. The summed E-state index contributed by atoms with van der Waals surface area (Å²) in [5.41, 5.74) is 1.44. The maximum absolute atomic E-state index is 13.3. The van der Waals surface area contributed by atoms with Crippen molar-refractivity contribution in [2.75, 3.05) is 20.8 Å². The molecule has 1 fully saturated rings. The molecule has 2 aromatic carbocycles. The van der Waals surface area contributed by atoms with Crippen molar-refractivity contribution < 1.29 is 18.7 Å². The predicted molar refractivity (Wildman–Crippen MR) is 103 cm³/mol. The van der Waals surface area contributed by atoms with Gasteiger partial charge in [-0.05, 0) is 54.7 Å². The van der Waals surface area contributed by atoms with Gasteiger partial charge in [0.15, 0.2) is 11.5 Å². The first-order valence-electron chi connectivity index (χ1n) is 9.34. The molecule has 0 aromatic heterocycles. The molecule has 1 amide bonds. The van der Waals surface area contributed by atoms with E-state index in [2.05, 4.69) is 5.32 Å². The third kappa shape index (κ3) is 4.07. The highest BCUT2D eigenvalue weighted by atomic mass is 19.1. The predicted octanol–water partition coefficient (Wildman–Crippen LogP) is 4.01. The lowest BCUT2D eigenvalue weighted by atomic mass is 9.78. The highest BCUT2D eigenvalue weighted by molar-refractivity contribution is 5.88. The first-order chi connectivity index (χ1) is 13.1. The highest BCUT2D eigenvalue weighted by Crippen LogP contribution is 2.41. The monoisotopic (exact) mass is 371 g/mol. The molecule has 0 saturated heterocycles. The average molecular weight is 371 g/mol. The van der Waals surface area contributed by atoms with Crippen LogP contribution in [0, 0.1) is 5.82 Å². The number of carbonyl (C=O) groups is 1. The van der Waals surface area contributed by atoms with Gasteiger partial charge < -0.3 is 14.8 Å². The molecule has 1 aliphatic carbocycles. The van der Waals surface area contributed by atoms with Gasteiger partial charge in [-0.1, -0.05) is 31.0 Å².